The van der Waals surface area contributed by atoms with Crippen LogP contribution in [-0.4, -0.2) is 55.1 Å². The fourth-order valence-electron chi connectivity index (χ4n) is 4.63. The lowest BCUT2D eigenvalue weighted by molar-refractivity contribution is -0.115. The third-order valence-electron chi connectivity index (χ3n) is 6.42. The average molecular weight is 426 g/mol. The lowest BCUT2D eigenvalue weighted by Crippen LogP contribution is -2.40. The summed E-state index contributed by atoms with van der Waals surface area (Å²) in [5, 5.41) is 2.89. The molecule has 3 aliphatic rings. The number of aromatic nitrogens is 1. The Morgan fingerprint density at radius 2 is 2.06 bits per heavy atom. The van der Waals surface area contributed by atoms with Crippen LogP contribution in [-0.2, 0) is 4.79 Å². The molecule has 1 aromatic rings. The Labute approximate surface area is 185 Å². The van der Waals surface area contributed by atoms with Gasteiger partial charge >= 0.3 is 0 Å². The maximum atomic E-state index is 12.3. The van der Waals surface area contributed by atoms with Crippen molar-refractivity contribution in [2.24, 2.45) is 5.92 Å². The second-order valence-corrected chi connectivity index (χ2v) is 9.00. The molecule has 1 fully saturated rings. The van der Waals surface area contributed by atoms with Gasteiger partial charge in [0.25, 0.3) is 0 Å². The zero-order valence-corrected chi connectivity index (χ0v) is 18.8. The molecule has 3 N–H and O–H groups in total. The number of nitrogens with one attached hydrogen (secondary N) is 1. The highest BCUT2D eigenvalue weighted by Gasteiger charge is 2.27. The Kier molecular flexibility index (Phi) is 6.80. The molecule has 3 heterocycles. The first-order valence-electron chi connectivity index (χ1n) is 11.6. The standard InChI is InChI=1S/C24H35N5O2/c1-3-4-11-31-22-13-20-23(24(25)27-22)26-21(30)16-29(20)14-18-7-8-19(17(2)12-18)15-28-9-5-6-10-28/h7-8,13,17H,3-6,9-12,14-16H2,1-2H3,(H2,25,27)(H,26,30). The van der Waals surface area contributed by atoms with Gasteiger partial charge in [-0.2, -0.15) is 4.98 Å². The van der Waals surface area contributed by atoms with Crippen molar-refractivity contribution in [3.8, 4) is 5.88 Å². The van der Waals surface area contributed by atoms with Crippen LogP contribution in [0.4, 0.5) is 17.2 Å². The number of allylic oxidation sites excluding steroid dienone is 2. The van der Waals surface area contributed by atoms with Crippen molar-refractivity contribution in [2.75, 3.05) is 55.3 Å². The Morgan fingerprint density at radius 3 is 2.81 bits per heavy atom. The Morgan fingerprint density at radius 1 is 1.26 bits per heavy atom. The summed E-state index contributed by atoms with van der Waals surface area (Å²) in [5.74, 6) is 1.29. The largest absolute Gasteiger partial charge is 0.478 e. The Hall–Kier alpha value is -2.54. The molecule has 4 rings (SSSR count). The predicted octanol–water partition coefficient (Wildman–Crippen LogP) is 3.59. The van der Waals surface area contributed by atoms with E-state index < -0.39 is 0 Å². The number of nitrogens with zero attached hydrogens (tertiary/aromatic N) is 3. The fourth-order valence-corrected chi connectivity index (χ4v) is 4.63. The third-order valence-corrected chi connectivity index (χ3v) is 6.42. The number of likely N-dealkylation sites (tertiary alicyclic amines) is 1. The summed E-state index contributed by atoms with van der Waals surface area (Å²) in [6.07, 6.45) is 10.2. The highest BCUT2D eigenvalue weighted by Crippen LogP contribution is 2.37. The van der Waals surface area contributed by atoms with E-state index in [-0.39, 0.29) is 5.91 Å². The number of ether oxygens (including phenoxy) is 1. The molecule has 1 unspecified atom stereocenters. The van der Waals surface area contributed by atoms with Crippen LogP contribution < -0.4 is 20.7 Å². The van der Waals surface area contributed by atoms with Gasteiger partial charge in [0.2, 0.25) is 11.8 Å². The summed E-state index contributed by atoms with van der Waals surface area (Å²) in [6, 6.07) is 1.91. The molecular weight excluding hydrogens is 390 g/mol. The molecule has 0 saturated carbocycles. The van der Waals surface area contributed by atoms with E-state index in [0.29, 0.717) is 43.0 Å². The summed E-state index contributed by atoms with van der Waals surface area (Å²) in [6.45, 7) is 9.59. The van der Waals surface area contributed by atoms with Gasteiger partial charge in [0.05, 0.1) is 18.8 Å². The van der Waals surface area contributed by atoms with E-state index in [1.54, 1.807) is 0 Å². The van der Waals surface area contributed by atoms with Gasteiger partial charge in [0, 0.05) is 19.2 Å². The van der Waals surface area contributed by atoms with E-state index in [1.807, 2.05) is 6.07 Å². The van der Waals surface area contributed by atoms with E-state index in [4.69, 9.17) is 10.5 Å². The molecule has 1 aliphatic carbocycles. The topological polar surface area (TPSA) is 83.7 Å². The zero-order valence-electron chi connectivity index (χ0n) is 18.8. The average Bonchev–Trinajstić information content (AvgIpc) is 3.24. The van der Waals surface area contributed by atoms with Gasteiger partial charge in [-0.15, -0.1) is 0 Å². The van der Waals surface area contributed by atoms with Gasteiger partial charge in [-0.25, -0.2) is 0 Å². The van der Waals surface area contributed by atoms with Gasteiger partial charge in [0.1, 0.15) is 5.69 Å². The molecule has 1 saturated heterocycles. The minimum absolute atomic E-state index is 0.0598. The summed E-state index contributed by atoms with van der Waals surface area (Å²) >= 11 is 0. The SMILES string of the molecule is CCCCOc1cc2c(c(N)n1)NC(=O)CN2CC1=CC=C(CN2CCCC2)C(C)C1. The maximum Gasteiger partial charge on any atom is 0.244 e. The quantitative estimate of drug-likeness (QED) is 0.620. The lowest BCUT2D eigenvalue weighted by atomic mass is 9.87. The van der Waals surface area contributed by atoms with Crippen molar-refractivity contribution in [3.05, 3.63) is 29.4 Å². The lowest BCUT2D eigenvalue weighted by Gasteiger charge is -2.34. The zero-order chi connectivity index (χ0) is 21.8. The van der Waals surface area contributed by atoms with Crippen LogP contribution in [0.15, 0.2) is 29.4 Å². The minimum Gasteiger partial charge on any atom is -0.478 e. The number of pyridine rings is 1. The number of fused-ring (bicyclic) bond motifs is 1. The maximum absolute atomic E-state index is 12.3. The van der Waals surface area contributed by atoms with Gasteiger partial charge in [0.15, 0.2) is 5.82 Å². The second-order valence-electron chi connectivity index (χ2n) is 9.00. The molecule has 1 amide bonds. The molecule has 2 aliphatic heterocycles. The summed E-state index contributed by atoms with van der Waals surface area (Å²) in [5.41, 5.74) is 10.5. The molecule has 7 heteroatoms. The highest BCUT2D eigenvalue weighted by molar-refractivity contribution is 6.04. The number of carbonyl (C=O) groups excluding carboxylic acids is 1. The molecular formula is C24H35N5O2. The Bertz CT molecular complexity index is 873. The molecule has 0 radical (unpaired) electrons. The summed E-state index contributed by atoms with van der Waals surface area (Å²) < 4.78 is 5.79. The number of rotatable bonds is 8. The molecule has 7 nitrogen and oxygen atoms in total. The Balaban J connectivity index is 1.50. The van der Waals surface area contributed by atoms with Crippen LogP contribution in [0.2, 0.25) is 0 Å². The van der Waals surface area contributed by atoms with Crippen molar-refractivity contribution >= 4 is 23.1 Å². The molecule has 0 bridgehead atoms. The predicted molar refractivity (Wildman–Crippen MR) is 126 cm³/mol. The van der Waals surface area contributed by atoms with E-state index in [1.165, 1.54) is 37.1 Å². The summed E-state index contributed by atoms with van der Waals surface area (Å²) in [7, 11) is 0. The number of hydrogen-bond donors (Lipinski definition) is 2. The molecule has 1 aromatic heterocycles. The first kappa shape index (κ1) is 21.7. The van der Waals surface area contributed by atoms with Crippen LogP contribution in [0.25, 0.3) is 0 Å². The highest BCUT2D eigenvalue weighted by atomic mass is 16.5. The van der Waals surface area contributed by atoms with Crippen LogP contribution in [0.3, 0.4) is 0 Å². The first-order chi connectivity index (χ1) is 15.0. The number of nitrogen functional groups attached to an aromatic ring is 1. The fraction of sp³-hybridized carbons (Fsp3) is 0.583. The van der Waals surface area contributed by atoms with Crippen LogP contribution in [0.1, 0.15) is 46.0 Å². The number of nitrogens with two attached hydrogens (primary N) is 1. The number of hydrogen-bond acceptors (Lipinski definition) is 6. The van der Waals surface area contributed by atoms with Crippen molar-refractivity contribution in [1.29, 1.82) is 0 Å². The number of amides is 1. The minimum atomic E-state index is -0.0598. The van der Waals surface area contributed by atoms with Gasteiger partial charge in [-0.05, 0) is 44.7 Å². The normalized spacial score (nSPS) is 21.4. The molecule has 31 heavy (non-hydrogen) atoms. The monoisotopic (exact) mass is 425 g/mol. The van der Waals surface area contributed by atoms with Crippen LogP contribution in [0, 0.1) is 5.92 Å². The summed E-state index contributed by atoms with van der Waals surface area (Å²) in [4.78, 5) is 21.3. The number of anilines is 3. The van der Waals surface area contributed by atoms with Gasteiger partial charge in [-0.1, -0.05) is 43.6 Å². The molecule has 0 spiro atoms. The van der Waals surface area contributed by atoms with E-state index >= 15 is 0 Å². The second kappa shape index (κ2) is 9.73. The van der Waals surface area contributed by atoms with E-state index in [9.17, 15) is 4.79 Å². The van der Waals surface area contributed by atoms with Gasteiger partial charge < -0.3 is 20.7 Å². The van der Waals surface area contributed by atoms with Crippen LogP contribution in [0.5, 0.6) is 5.88 Å². The number of carbonyl (C=O) groups is 1. The van der Waals surface area contributed by atoms with Crippen molar-refractivity contribution in [3.63, 3.8) is 0 Å². The molecule has 1 atom stereocenters. The third kappa shape index (κ3) is 5.21. The van der Waals surface area contributed by atoms with Crippen molar-refractivity contribution in [2.45, 2.75) is 46.0 Å². The van der Waals surface area contributed by atoms with Crippen LogP contribution >= 0.6 is 0 Å². The first-order valence-corrected chi connectivity index (χ1v) is 11.6. The van der Waals surface area contributed by atoms with E-state index in [2.05, 4.69) is 46.1 Å². The van der Waals surface area contributed by atoms with Crippen molar-refractivity contribution < 1.29 is 9.53 Å². The molecule has 168 valence electrons. The number of unbranched alkanes of at least 4 members (excludes halogenated alkanes) is 1. The smallest absolute Gasteiger partial charge is 0.244 e. The van der Waals surface area contributed by atoms with Gasteiger partial charge in [-0.3, -0.25) is 9.69 Å². The molecule has 0 aromatic carbocycles. The van der Waals surface area contributed by atoms with Crippen molar-refractivity contribution in [1.82, 2.24) is 9.88 Å². The van der Waals surface area contributed by atoms with E-state index in [0.717, 1.165) is 31.5 Å².